The van der Waals surface area contributed by atoms with Crippen molar-refractivity contribution >= 4 is 6.03 Å². The van der Waals surface area contributed by atoms with Crippen LogP contribution in [0.1, 0.15) is 30.4 Å². The highest BCUT2D eigenvalue weighted by Gasteiger charge is 2.16. The van der Waals surface area contributed by atoms with E-state index in [9.17, 15) is 4.79 Å². The number of carbonyl (C=O) groups excluding carboxylic acids is 1. The van der Waals surface area contributed by atoms with Gasteiger partial charge in [0, 0.05) is 44.4 Å². The van der Waals surface area contributed by atoms with Crippen LogP contribution in [0.25, 0.3) is 0 Å². The second-order valence-electron chi connectivity index (χ2n) is 5.85. The van der Waals surface area contributed by atoms with Gasteiger partial charge in [-0.25, -0.2) is 4.79 Å². The van der Waals surface area contributed by atoms with E-state index < -0.39 is 0 Å². The maximum Gasteiger partial charge on any atom is 0.317 e. The number of pyridine rings is 1. The number of amides is 2. The zero-order valence-corrected chi connectivity index (χ0v) is 14.1. The summed E-state index contributed by atoms with van der Waals surface area (Å²) in [4.78, 5) is 18.3. The van der Waals surface area contributed by atoms with Gasteiger partial charge in [-0.2, -0.15) is 0 Å². The lowest BCUT2D eigenvalue weighted by Gasteiger charge is -2.25. The molecule has 2 amide bonds. The van der Waals surface area contributed by atoms with Gasteiger partial charge in [0.05, 0.1) is 6.26 Å². The second-order valence-corrected chi connectivity index (χ2v) is 5.85. The maximum absolute atomic E-state index is 12.2. The van der Waals surface area contributed by atoms with Gasteiger partial charge in [-0.05, 0) is 44.0 Å². The number of nitrogens with zero attached hydrogens (tertiary/aromatic N) is 2. The third-order valence-electron chi connectivity index (χ3n) is 4.04. The highest BCUT2D eigenvalue weighted by atomic mass is 16.3. The summed E-state index contributed by atoms with van der Waals surface area (Å²) in [7, 11) is 1.82. The standard InChI is InChI=1S/C18H25N3O2/c1-14-7-4-10-19-17(14)13-15(2)21(3)18(22)20-11-5-8-16-9-6-12-23-16/h4,6-7,9-10,12,15H,5,8,11,13H2,1-3H3,(H,20,22). The fourth-order valence-electron chi connectivity index (χ4n) is 2.39. The number of aromatic nitrogens is 1. The largest absolute Gasteiger partial charge is 0.469 e. The molecule has 0 aromatic carbocycles. The summed E-state index contributed by atoms with van der Waals surface area (Å²) in [5.41, 5.74) is 2.20. The van der Waals surface area contributed by atoms with Gasteiger partial charge < -0.3 is 14.6 Å². The Morgan fingerprint density at radius 3 is 2.91 bits per heavy atom. The van der Waals surface area contributed by atoms with Gasteiger partial charge in [0.2, 0.25) is 0 Å². The molecule has 5 nitrogen and oxygen atoms in total. The normalized spacial score (nSPS) is 12.0. The van der Waals surface area contributed by atoms with E-state index in [1.165, 1.54) is 0 Å². The minimum atomic E-state index is -0.0504. The summed E-state index contributed by atoms with van der Waals surface area (Å²) < 4.78 is 5.27. The Balaban J connectivity index is 1.74. The van der Waals surface area contributed by atoms with Crippen LogP contribution in [0.3, 0.4) is 0 Å². The minimum Gasteiger partial charge on any atom is -0.469 e. The molecule has 1 N–H and O–H groups in total. The molecule has 2 aromatic rings. The zero-order valence-electron chi connectivity index (χ0n) is 14.1. The van der Waals surface area contributed by atoms with Gasteiger partial charge >= 0.3 is 6.03 Å². The lowest BCUT2D eigenvalue weighted by atomic mass is 10.1. The van der Waals surface area contributed by atoms with Crippen molar-refractivity contribution in [1.82, 2.24) is 15.2 Å². The number of hydrogen-bond acceptors (Lipinski definition) is 3. The molecule has 2 rings (SSSR count). The summed E-state index contributed by atoms with van der Waals surface area (Å²) in [6.45, 7) is 4.72. The smallest absolute Gasteiger partial charge is 0.317 e. The third-order valence-corrected chi connectivity index (χ3v) is 4.04. The average molecular weight is 315 g/mol. The first-order valence-electron chi connectivity index (χ1n) is 8.01. The number of furan rings is 1. The molecule has 0 aliphatic rings. The minimum absolute atomic E-state index is 0.0504. The van der Waals surface area contributed by atoms with Gasteiger partial charge in [-0.1, -0.05) is 6.07 Å². The summed E-state index contributed by atoms with van der Waals surface area (Å²) in [5.74, 6) is 0.951. The third kappa shape index (κ3) is 5.13. The summed E-state index contributed by atoms with van der Waals surface area (Å²) in [5, 5.41) is 2.95. The number of hydrogen-bond donors (Lipinski definition) is 1. The first-order valence-corrected chi connectivity index (χ1v) is 8.01. The predicted molar refractivity (Wildman–Crippen MR) is 90.3 cm³/mol. The highest BCUT2D eigenvalue weighted by molar-refractivity contribution is 5.74. The molecular weight excluding hydrogens is 290 g/mol. The van der Waals surface area contributed by atoms with E-state index in [1.807, 2.05) is 45.2 Å². The van der Waals surface area contributed by atoms with Crippen LogP contribution in [-0.4, -0.2) is 35.5 Å². The van der Waals surface area contributed by atoms with Gasteiger partial charge in [-0.15, -0.1) is 0 Å². The maximum atomic E-state index is 12.2. The number of carbonyl (C=O) groups is 1. The molecule has 0 bridgehead atoms. The lowest BCUT2D eigenvalue weighted by Crippen LogP contribution is -2.43. The Kier molecular flexibility index (Phi) is 6.20. The average Bonchev–Trinajstić information content (AvgIpc) is 3.06. The van der Waals surface area contributed by atoms with Crippen LogP contribution in [0, 0.1) is 6.92 Å². The summed E-state index contributed by atoms with van der Waals surface area (Å²) in [6, 6.07) is 7.84. The molecule has 5 heteroatoms. The van der Waals surface area contributed by atoms with E-state index in [4.69, 9.17) is 4.42 Å². The molecule has 0 spiro atoms. The second kappa shape index (κ2) is 8.36. The molecule has 0 saturated carbocycles. The Morgan fingerprint density at radius 1 is 1.39 bits per heavy atom. The van der Waals surface area contributed by atoms with Gasteiger partial charge in [-0.3, -0.25) is 4.98 Å². The van der Waals surface area contributed by atoms with Crippen LogP contribution in [0.5, 0.6) is 0 Å². The van der Waals surface area contributed by atoms with Crippen LogP contribution in [0.2, 0.25) is 0 Å². The van der Waals surface area contributed by atoms with E-state index >= 15 is 0 Å². The quantitative estimate of drug-likeness (QED) is 0.798. The van der Waals surface area contributed by atoms with E-state index in [1.54, 1.807) is 17.4 Å². The number of rotatable bonds is 7. The first kappa shape index (κ1) is 17.1. The van der Waals surface area contributed by atoms with Crippen molar-refractivity contribution in [3.05, 3.63) is 53.7 Å². The number of nitrogens with one attached hydrogen (secondary N) is 1. The van der Waals surface area contributed by atoms with E-state index in [0.717, 1.165) is 36.3 Å². The molecule has 0 aliphatic carbocycles. The Bertz CT molecular complexity index is 610. The molecule has 2 heterocycles. The van der Waals surface area contributed by atoms with E-state index in [-0.39, 0.29) is 12.1 Å². The Morgan fingerprint density at radius 2 is 2.22 bits per heavy atom. The van der Waals surface area contributed by atoms with Crippen LogP contribution in [-0.2, 0) is 12.8 Å². The van der Waals surface area contributed by atoms with Crippen molar-refractivity contribution < 1.29 is 9.21 Å². The number of urea groups is 1. The number of aryl methyl sites for hydroxylation is 2. The van der Waals surface area contributed by atoms with Crippen LogP contribution < -0.4 is 5.32 Å². The molecule has 1 unspecified atom stereocenters. The number of likely N-dealkylation sites (N-methyl/N-ethyl adjacent to an activating group) is 1. The fourth-order valence-corrected chi connectivity index (χ4v) is 2.39. The van der Waals surface area contributed by atoms with Gasteiger partial charge in [0.25, 0.3) is 0 Å². The molecular formula is C18H25N3O2. The topological polar surface area (TPSA) is 58.4 Å². The van der Waals surface area contributed by atoms with Crippen molar-refractivity contribution in [2.45, 2.75) is 39.2 Å². The monoisotopic (exact) mass is 315 g/mol. The van der Waals surface area contributed by atoms with Crippen molar-refractivity contribution in [1.29, 1.82) is 0 Å². The van der Waals surface area contributed by atoms with Crippen molar-refractivity contribution in [3.8, 4) is 0 Å². The molecule has 0 saturated heterocycles. The van der Waals surface area contributed by atoms with Crippen LogP contribution in [0.15, 0.2) is 41.1 Å². The van der Waals surface area contributed by atoms with Crippen molar-refractivity contribution in [2.75, 3.05) is 13.6 Å². The fraction of sp³-hybridized carbons (Fsp3) is 0.444. The van der Waals surface area contributed by atoms with Crippen molar-refractivity contribution in [3.63, 3.8) is 0 Å². The zero-order chi connectivity index (χ0) is 16.7. The van der Waals surface area contributed by atoms with Crippen LogP contribution >= 0.6 is 0 Å². The Labute approximate surface area is 137 Å². The van der Waals surface area contributed by atoms with Gasteiger partial charge in [0.1, 0.15) is 5.76 Å². The molecule has 0 fully saturated rings. The SMILES string of the molecule is Cc1cccnc1CC(C)N(C)C(=O)NCCCc1ccco1. The molecule has 124 valence electrons. The van der Waals surface area contributed by atoms with E-state index in [2.05, 4.69) is 10.3 Å². The van der Waals surface area contributed by atoms with Crippen molar-refractivity contribution in [2.24, 2.45) is 0 Å². The summed E-state index contributed by atoms with van der Waals surface area (Å²) >= 11 is 0. The predicted octanol–water partition coefficient (Wildman–Crippen LogP) is 3.19. The molecule has 23 heavy (non-hydrogen) atoms. The first-order chi connectivity index (χ1) is 11.1. The molecule has 1 atom stereocenters. The molecule has 0 aliphatic heterocycles. The lowest BCUT2D eigenvalue weighted by molar-refractivity contribution is 0.193. The summed E-state index contributed by atoms with van der Waals surface area (Å²) in [6.07, 6.45) is 5.91. The Hall–Kier alpha value is -2.30. The molecule has 0 radical (unpaired) electrons. The van der Waals surface area contributed by atoms with E-state index in [0.29, 0.717) is 6.54 Å². The van der Waals surface area contributed by atoms with Crippen LogP contribution in [0.4, 0.5) is 4.79 Å². The van der Waals surface area contributed by atoms with Gasteiger partial charge in [0.15, 0.2) is 0 Å². The molecule has 2 aromatic heterocycles. The highest BCUT2D eigenvalue weighted by Crippen LogP contribution is 2.10.